The highest BCUT2D eigenvalue weighted by Gasteiger charge is 2.02. The summed E-state index contributed by atoms with van der Waals surface area (Å²) in [4.78, 5) is 20.6. The molecule has 1 heterocycles. The summed E-state index contributed by atoms with van der Waals surface area (Å²) in [5.41, 5.74) is 5.96. The highest BCUT2D eigenvalue weighted by molar-refractivity contribution is 7.71. The van der Waals surface area contributed by atoms with Gasteiger partial charge in [-0.2, -0.15) is 0 Å². The minimum atomic E-state index is -0.453. The second kappa shape index (κ2) is 4.84. The zero-order valence-corrected chi connectivity index (χ0v) is 9.99. The molecule has 0 aliphatic rings. The number of rotatable bonds is 2. The van der Waals surface area contributed by atoms with Crippen molar-refractivity contribution in [2.75, 3.05) is 5.73 Å². The molecular formula is C11H10N4O2S. The SMILES string of the molecule is Nc1[nH]c(=S)[nH]c(=O)c1N=Cc1ccc(O)cc1. The fourth-order valence-corrected chi connectivity index (χ4v) is 1.53. The number of H-pyrrole nitrogens is 2. The Labute approximate surface area is 107 Å². The largest absolute Gasteiger partial charge is 0.508 e. The number of hydrogen-bond acceptors (Lipinski definition) is 5. The van der Waals surface area contributed by atoms with Gasteiger partial charge in [0.05, 0.1) is 0 Å². The number of benzene rings is 1. The molecular weight excluding hydrogens is 252 g/mol. The molecule has 2 aromatic rings. The standard InChI is InChI=1S/C11H10N4O2S/c12-9-8(10(17)15-11(18)14-9)13-5-6-1-3-7(16)4-2-6/h1-5,16H,(H4,12,14,15,17,18). The van der Waals surface area contributed by atoms with Gasteiger partial charge in [0.15, 0.2) is 10.5 Å². The topological polar surface area (TPSA) is 107 Å². The summed E-state index contributed by atoms with van der Waals surface area (Å²) >= 11 is 4.77. The number of phenolic OH excluding ortho intramolecular Hbond substituents is 1. The molecule has 0 saturated carbocycles. The number of anilines is 1. The van der Waals surface area contributed by atoms with Crippen LogP contribution >= 0.6 is 12.2 Å². The summed E-state index contributed by atoms with van der Waals surface area (Å²) in [7, 11) is 0. The predicted molar refractivity (Wildman–Crippen MR) is 72.0 cm³/mol. The fourth-order valence-electron chi connectivity index (χ4n) is 1.33. The Hall–Kier alpha value is -2.41. The van der Waals surface area contributed by atoms with Gasteiger partial charge in [-0.25, -0.2) is 4.99 Å². The van der Waals surface area contributed by atoms with Crippen LogP contribution in [0.3, 0.4) is 0 Å². The van der Waals surface area contributed by atoms with Gasteiger partial charge in [-0.15, -0.1) is 0 Å². The monoisotopic (exact) mass is 262 g/mol. The van der Waals surface area contributed by atoms with Crippen LogP contribution in [0, 0.1) is 4.77 Å². The first-order valence-corrected chi connectivity index (χ1v) is 5.42. The van der Waals surface area contributed by atoms with Crippen molar-refractivity contribution in [1.82, 2.24) is 9.97 Å². The Balaban J connectivity index is 2.38. The minimum Gasteiger partial charge on any atom is -0.508 e. The lowest BCUT2D eigenvalue weighted by molar-refractivity contribution is 0.475. The summed E-state index contributed by atoms with van der Waals surface area (Å²) in [6, 6.07) is 6.36. The Morgan fingerprint density at radius 1 is 1.28 bits per heavy atom. The predicted octanol–water partition coefficient (Wildman–Crippen LogP) is 1.47. The molecule has 2 rings (SSSR count). The summed E-state index contributed by atoms with van der Waals surface area (Å²) in [5, 5.41) is 9.12. The van der Waals surface area contributed by atoms with Crippen molar-refractivity contribution >= 4 is 29.9 Å². The number of aromatic nitrogens is 2. The molecule has 5 N–H and O–H groups in total. The van der Waals surface area contributed by atoms with Crippen molar-refractivity contribution in [1.29, 1.82) is 0 Å². The van der Waals surface area contributed by atoms with Gasteiger partial charge in [-0.1, -0.05) is 0 Å². The van der Waals surface area contributed by atoms with Gasteiger partial charge in [-0.3, -0.25) is 9.78 Å². The van der Waals surface area contributed by atoms with Gasteiger partial charge in [0, 0.05) is 6.21 Å². The maximum Gasteiger partial charge on any atom is 0.279 e. The third-order valence-electron chi connectivity index (χ3n) is 2.18. The van der Waals surface area contributed by atoms with Crippen LogP contribution in [0.1, 0.15) is 5.56 Å². The third kappa shape index (κ3) is 2.64. The summed E-state index contributed by atoms with van der Waals surface area (Å²) in [6.45, 7) is 0. The van der Waals surface area contributed by atoms with E-state index in [2.05, 4.69) is 15.0 Å². The summed E-state index contributed by atoms with van der Waals surface area (Å²) in [5.74, 6) is 0.270. The molecule has 1 aromatic heterocycles. The van der Waals surface area contributed by atoms with Crippen LogP contribution in [0.15, 0.2) is 34.1 Å². The maximum absolute atomic E-state index is 11.6. The minimum absolute atomic E-state index is 0.0664. The average molecular weight is 262 g/mol. The molecule has 0 atom stereocenters. The number of aromatic hydroxyl groups is 1. The van der Waals surface area contributed by atoms with Gasteiger partial charge in [0.1, 0.15) is 11.6 Å². The number of aliphatic imine (C=N–C) groups is 1. The average Bonchev–Trinajstić information content (AvgIpc) is 2.30. The van der Waals surface area contributed by atoms with Crippen molar-refractivity contribution in [3.05, 3.63) is 45.0 Å². The van der Waals surface area contributed by atoms with E-state index in [0.29, 0.717) is 0 Å². The van der Waals surface area contributed by atoms with Gasteiger partial charge >= 0.3 is 0 Å². The third-order valence-corrected chi connectivity index (χ3v) is 2.39. The lowest BCUT2D eigenvalue weighted by atomic mass is 10.2. The number of aromatic amines is 2. The van der Waals surface area contributed by atoms with Gasteiger partial charge in [0.2, 0.25) is 0 Å². The van der Waals surface area contributed by atoms with Crippen LogP contribution in [0.2, 0.25) is 0 Å². The Morgan fingerprint density at radius 2 is 1.94 bits per heavy atom. The summed E-state index contributed by atoms with van der Waals surface area (Å²) in [6.07, 6.45) is 1.47. The van der Waals surface area contributed by atoms with Crippen LogP contribution in [0.4, 0.5) is 11.5 Å². The Morgan fingerprint density at radius 3 is 2.56 bits per heavy atom. The molecule has 1 aromatic carbocycles. The zero-order chi connectivity index (χ0) is 13.1. The number of nitrogens with one attached hydrogen (secondary N) is 2. The smallest absolute Gasteiger partial charge is 0.279 e. The molecule has 18 heavy (non-hydrogen) atoms. The van der Waals surface area contributed by atoms with E-state index < -0.39 is 5.56 Å². The number of nitrogens with two attached hydrogens (primary N) is 1. The van der Waals surface area contributed by atoms with Gasteiger partial charge in [-0.05, 0) is 42.0 Å². The van der Waals surface area contributed by atoms with E-state index in [9.17, 15) is 4.79 Å². The number of phenols is 1. The van der Waals surface area contributed by atoms with E-state index in [0.717, 1.165) is 5.56 Å². The van der Waals surface area contributed by atoms with E-state index in [4.69, 9.17) is 23.1 Å². The van der Waals surface area contributed by atoms with Crippen molar-refractivity contribution in [3.8, 4) is 5.75 Å². The number of hydrogen-bond donors (Lipinski definition) is 4. The van der Waals surface area contributed by atoms with Gasteiger partial charge in [0.25, 0.3) is 5.56 Å². The van der Waals surface area contributed by atoms with E-state index in [-0.39, 0.29) is 22.0 Å². The van der Waals surface area contributed by atoms with E-state index in [1.807, 2.05) is 0 Å². The molecule has 0 bridgehead atoms. The van der Waals surface area contributed by atoms with Crippen molar-refractivity contribution in [2.45, 2.75) is 0 Å². The van der Waals surface area contributed by atoms with Crippen LogP contribution in [-0.2, 0) is 0 Å². The van der Waals surface area contributed by atoms with E-state index in [1.54, 1.807) is 12.1 Å². The zero-order valence-electron chi connectivity index (χ0n) is 9.18. The second-order valence-electron chi connectivity index (χ2n) is 3.52. The first kappa shape index (κ1) is 12.1. The highest BCUT2D eigenvalue weighted by Crippen LogP contribution is 2.13. The Kier molecular flexibility index (Phi) is 3.24. The number of nitrogens with zero attached hydrogens (tertiary/aromatic N) is 1. The molecule has 0 spiro atoms. The van der Waals surface area contributed by atoms with Crippen molar-refractivity contribution in [3.63, 3.8) is 0 Å². The maximum atomic E-state index is 11.6. The molecule has 0 fully saturated rings. The normalized spacial score (nSPS) is 10.9. The molecule has 0 amide bonds. The summed E-state index contributed by atoms with van der Waals surface area (Å²) < 4.78 is 0.154. The fraction of sp³-hybridized carbons (Fsp3) is 0. The molecule has 7 heteroatoms. The molecule has 0 aliphatic heterocycles. The molecule has 0 radical (unpaired) electrons. The first-order valence-electron chi connectivity index (χ1n) is 5.01. The second-order valence-corrected chi connectivity index (χ2v) is 3.93. The molecule has 0 saturated heterocycles. The highest BCUT2D eigenvalue weighted by atomic mass is 32.1. The Bertz CT molecular complexity index is 700. The van der Waals surface area contributed by atoms with Crippen LogP contribution < -0.4 is 11.3 Å². The molecule has 0 unspecified atom stereocenters. The lowest BCUT2D eigenvalue weighted by Gasteiger charge is -1.98. The van der Waals surface area contributed by atoms with Gasteiger partial charge < -0.3 is 15.8 Å². The van der Waals surface area contributed by atoms with Crippen molar-refractivity contribution in [2.24, 2.45) is 4.99 Å². The van der Waals surface area contributed by atoms with Crippen LogP contribution in [0.5, 0.6) is 5.75 Å². The van der Waals surface area contributed by atoms with Crippen LogP contribution in [-0.4, -0.2) is 21.3 Å². The van der Waals surface area contributed by atoms with E-state index in [1.165, 1.54) is 18.3 Å². The lowest BCUT2D eigenvalue weighted by Crippen LogP contribution is -2.10. The van der Waals surface area contributed by atoms with Crippen LogP contribution in [0.25, 0.3) is 0 Å². The quantitative estimate of drug-likeness (QED) is 0.485. The number of nitrogen functional groups attached to an aromatic ring is 1. The molecule has 0 aliphatic carbocycles. The molecule has 92 valence electrons. The first-order chi connectivity index (χ1) is 8.56. The van der Waals surface area contributed by atoms with E-state index >= 15 is 0 Å². The molecule has 6 nitrogen and oxygen atoms in total. The van der Waals surface area contributed by atoms with Crippen molar-refractivity contribution < 1.29 is 5.11 Å².